The quantitative estimate of drug-likeness (QED) is 0.0690. The zero-order valence-electron chi connectivity index (χ0n) is 40.7. The highest BCUT2D eigenvalue weighted by Crippen LogP contribution is 2.76. The summed E-state index contributed by atoms with van der Waals surface area (Å²) in [5, 5.41) is 101. The molecule has 18 nitrogen and oxygen atoms in total. The van der Waals surface area contributed by atoms with E-state index in [9.17, 15) is 60.3 Å². The fourth-order valence-electron chi connectivity index (χ4n) is 14.8. The fraction of sp³-hybridized carbons (Fsp3) is 0.857. The van der Waals surface area contributed by atoms with Crippen LogP contribution in [0.3, 0.4) is 0 Å². The lowest BCUT2D eigenvalue weighted by molar-refractivity contribution is -0.372. The number of carbonyl (C=O) groups is 3. The molecule has 22 atom stereocenters. The number of carboxylic acid groups (broad SMARTS) is 1. The lowest BCUT2D eigenvalue weighted by atomic mass is 9.32. The smallest absolute Gasteiger partial charge is 0.335 e. The fourth-order valence-corrected chi connectivity index (χ4v) is 14.8. The van der Waals surface area contributed by atoms with E-state index in [0.29, 0.717) is 44.1 Å². The number of aliphatic hydroxyl groups excluding tert-OH is 8. The second-order valence-electron chi connectivity index (χ2n) is 23.2. The molecule has 0 amide bonds. The van der Waals surface area contributed by atoms with Crippen LogP contribution in [0.25, 0.3) is 0 Å². The Bertz CT molecular complexity index is 1970. The third-order valence-corrected chi connectivity index (χ3v) is 18.5. The van der Waals surface area contributed by atoms with Crippen molar-refractivity contribution in [3.63, 3.8) is 0 Å². The van der Waals surface area contributed by atoms with Crippen molar-refractivity contribution in [1.29, 1.82) is 0 Å². The Labute approximate surface area is 392 Å². The summed E-state index contributed by atoms with van der Waals surface area (Å²) in [6.07, 6.45) is -15.9. The molecule has 9 N–H and O–H groups in total. The molecular weight excluding hydrogens is 877 g/mol. The number of aliphatic hydroxyl groups is 8. The number of rotatable bonds is 9. The summed E-state index contributed by atoms with van der Waals surface area (Å²) in [4.78, 5) is 38.4. The van der Waals surface area contributed by atoms with Gasteiger partial charge in [-0.2, -0.15) is 0 Å². The average molecular weight is 953 g/mol. The first-order chi connectivity index (χ1) is 31.0. The highest BCUT2D eigenvalue weighted by Gasteiger charge is 2.76. The van der Waals surface area contributed by atoms with Gasteiger partial charge in [0.15, 0.2) is 24.8 Å². The predicted molar refractivity (Wildman–Crippen MR) is 235 cm³/mol. The van der Waals surface area contributed by atoms with E-state index >= 15 is 0 Å². The minimum atomic E-state index is -1.96. The first kappa shape index (κ1) is 52.2. The van der Waals surface area contributed by atoms with Gasteiger partial charge in [-0.05, 0) is 93.3 Å². The van der Waals surface area contributed by atoms with Gasteiger partial charge in [-0.25, -0.2) is 9.59 Å². The molecule has 0 aromatic carbocycles. The molecular formula is C49H76O18. The number of carboxylic acids is 1. The highest BCUT2D eigenvalue weighted by atomic mass is 16.8. The molecule has 2 heterocycles. The van der Waals surface area contributed by atoms with Gasteiger partial charge in [0, 0.05) is 23.8 Å². The number of esters is 2. The van der Waals surface area contributed by atoms with E-state index in [1.54, 1.807) is 13.8 Å². The summed E-state index contributed by atoms with van der Waals surface area (Å²) in [6, 6.07) is 0. The summed E-state index contributed by atoms with van der Waals surface area (Å²) < 4.78 is 36.2. The van der Waals surface area contributed by atoms with E-state index in [-0.39, 0.29) is 11.8 Å². The zero-order chi connectivity index (χ0) is 49.9. The maximum atomic E-state index is 13.5. The molecule has 7 aliphatic rings. The molecule has 2 aliphatic heterocycles. The van der Waals surface area contributed by atoms with Gasteiger partial charge in [0.05, 0.1) is 36.4 Å². The van der Waals surface area contributed by atoms with Gasteiger partial charge in [-0.3, -0.25) is 4.79 Å². The SMILES string of the molecule is CC(=O)O[C@H]1[C@H](OC(=O)C=C(C)C)[C@]2(CO)[C@H](O)[C@H](O)[C@]3(C)C(=CC[C@@H]4[C@@]5(C)CC[C@H](O[C@@H]6O[C@H](C(=O)O)[C@@H](O)[C@H](O)[C@H]6O[C@@H]6O[C@@H](C)[C@H](O)[C@@H](O)[C@H]6O)C(C)(C)[C@@H]5CC[C@]43C)[C@@H]2CC1(C)C. The second-order valence-corrected chi connectivity index (χ2v) is 23.2. The molecule has 0 aromatic rings. The summed E-state index contributed by atoms with van der Waals surface area (Å²) >= 11 is 0. The van der Waals surface area contributed by atoms with Crippen LogP contribution in [0.4, 0.5) is 0 Å². The van der Waals surface area contributed by atoms with Crippen LogP contribution >= 0.6 is 0 Å². The molecule has 0 unspecified atom stereocenters. The highest BCUT2D eigenvalue weighted by molar-refractivity contribution is 5.83. The van der Waals surface area contributed by atoms with E-state index < -0.39 is 155 Å². The molecule has 5 aliphatic carbocycles. The normalized spacial score (nSPS) is 49.9. The van der Waals surface area contributed by atoms with Crippen molar-refractivity contribution in [3.05, 3.63) is 23.3 Å². The Morgan fingerprint density at radius 1 is 0.761 bits per heavy atom. The molecule has 4 saturated carbocycles. The number of hydrogen-bond acceptors (Lipinski definition) is 17. The molecule has 67 heavy (non-hydrogen) atoms. The summed E-state index contributed by atoms with van der Waals surface area (Å²) in [5.41, 5.74) is -3.65. The number of ether oxygens (including phenoxy) is 6. The second kappa shape index (κ2) is 17.9. The first-order valence-corrected chi connectivity index (χ1v) is 23.9. The van der Waals surface area contributed by atoms with Crippen molar-refractivity contribution in [1.82, 2.24) is 0 Å². The number of allylic oxidation sites excluding steroid dienone is 2. The van der Waals surface area contributed by atoms with Crippen LogP contribution in [0.15, 0.2) is 23.3 Å². The van der Waals surface area contributed by atoms with Crippen LogP contribution in [-0.4, -0.2) is 162 Å². The number of carbonyl (C=O) groups excluding carboxylic acids is 2. The maximum absolute atomic E-state index is 13.5. The van der Waals surface area contributed by atoms with Crippen molar-refractivity contribution in [3.8, 4) is 0 Å². The number of hydrogen-bond donors (Lipinski definition) is 9. The Balaban J connectivity index is 1.22. The number of fused-ring (bicyclic) bond motifs is 7. The van der Waals surface area contributed by atoms with Gasteiger partial charge < -0.3 is 74.4 Å². The van der Waals surface area contributed by atoms with Gasteiger partial charge in [-0.1, -0.05) is 65.7 Å². The molecule has 380 valence electrons. The average Bonchev–Trinajstić information content (AvgIpc) is 3.22. The summed E-state index contributed by atoms with van der Waals surface area (Å²) in [5.74, 6) is -3.58. The van der Waals surface area contributed by atoms with Crippen molar-refractivity contribution in [2.75, 3.05) is 6.61 Å². The number of aliphatic carboxylic acids is 1. The topological polar surface area (TPSA) is 289 Å². The van der Waals surface area contributed by atoms with Crippen LogP contribution in [-0.2, 0) is 42.8 Å². The molecule has 6 fully saturated rings. The molecule has 0 aromatic heterocycles. The lowest BCUT2D eigenvalue weighted by Crippen LogP contribution is -2.76. The van der Waals surface area contributed by atoms with E-state index in [1.807, 2.05) is 20.8 Å². The van der Waals surface area contributed by atoms with Gasteiger partial charge in [-0.15, -0.1) is 0 Å². The maximum Gasteiger partial charge on any atom is 0.335 e. The van der Waals surface area contributed by atoms with Crippen LogP contribution in [0.2, 0.25) is 0 Å². The van der Waals surface area contributed by atoms with Crippen molar-refractivity contribution in [2.24, 2.45) is 50.2 Å². The molecule has 0 radical (unpaired) electrons. The van der Waals surface area contributed by atoms with Gasteiger partial charge in [0.25, 0.3) is 0 Å². The van der Waals surface area contributed by atoms with Crippen LogP contribution in [0.1, 0.15) is 115 Å². The lowest BCUT2D eigenvalue weighted by Gasteiger charge is -2.73. The third-order valence-electron chi connectivity index (χ3n) is 18.5. The monoisotopic (exact) mass is 953 g/mol. The van der Waals surface area contributed by atoms with Gasteiger partial charge >= 0.3 is 17.9 Å². The predicted octanol–water partition coefficient (Wildman–Crippen LogP) is 1.88. The molecule has 7 rings (SSSR count). The molecule has 0 spiro atoms. The van der Waals surface area contributed by atoms with Crippen molar-refractivity contribution in [2.45, 2.75) is 207 Å². The standard InChI is InChI=1S/C49H76O18/c1-21(2)18-29(52)65-40-39(63-23(4)51)44(5,6)19-25-24-12-13-27-46(9)16-15-28(45(7,8)26(46)14-17-47(27,10)48(24,11)37(58)38(59)49(25,40)20-50)64-43-36(33(56)32(55)35(66-43)41(60)61)67-42-34(57)31(54)30(53)22(3)62-42/h12,18,22,25-28,30-40,42-43,50,53-59H,13-17,19-20H2,1-11H3,(H,60,61)/t22-,25-,26-,27+,28-,30-,31+,32-,33-,34+,35-,36+,37-,38+,39-,40-,42-,43+,46-,47+,48-,49-/m0/s1. The minimum absolute atomic E-state index is 0.0377. The van der Waals surface area contributed by atoms with E-state index in [0.717, 1.165) is 5.57 Å². The Hall–Kier alpha value is -2.59. The first-order valence-electron chi connectivity index (χ1n) is 23.9. The summed E-state index contributed by atoms with van der Waals surface area (Å²) in [7, 11) is 0. The van der Waals surface area contributed by atoms with Crippen LogP contribution in [0, 0.1) is 50.2 Å². The third kappa shape index (κ3) is 7.95. The van der Waals surface area contributed by atoms with Crippen molar-refractivity contribution >= 4 is 17.9 Å². The van der Waals surface area contributed by atoms with Crippen LogP contribution in [0.5, 0.6) is 0 Å². The minimum Gasteiger partial charge on any atom is -0.479 e. The molecule has 2 saturated heterocycles. The van der Waals surface area contributed by atoms with Crippen molar-refractivity contribution < 1.29 is 88.8 Å². The van der Waals surface area contributed by atoms with E-state index in [4.69, 9.17) is 28.4 Å². The zero-order valence-corrected chi connectivity index (χ0v) is 40.7. The molecule has 0 bridgehead atoms. The molecule has 18 heteroatoms. The van der Waals surface area contributed by atoms with Gasteiger partial charge in [0.1, 0.15) is 42.7 Å². The Morgan fingerprint density at radius 3 is 2.01 bits per heavy atom. The van der Waals surface area contributed by atoms with Gasteiger partial charge in [0.2, 0.25) is 0 Å². The largest absolute Gasteiger partial charge is 0.479 e. The summed E-state index contributed by atoms with van der Waals surface area (Å²) in [6.45, 7) is 19.9. The Kier molecular flexibility index (Phi) is 14.0. The van der Waals surface area contributed by atoms with Crippen LogP contribution < -0.4 is 0 Å². The van der Waals surface area contributed by atoms with E-state index in [1.165, 1.54) is 19.9 Å². The Morgan fingerprint density at radius 2 is 1.42 bits per heavy atom. The van der Waals surface area contributed by atoms with E-state index in [2.05, 4.69) is 33.8 Å².